The number of halogens is 1. The van der Waals surface area contributed by atoms with Crippen molar-refractivity contribution in [2.24, 2.45) is 10.2 Å². The van der Waals surface area contributed by atoms with E-state index in [0.717, 1.165) is 10.4 Å². The average Bonchev–Trinajstić information content (AvgIpc) is 2.86. The molecule has 22 heavy (non-hydrogen) atoms. The van der Waals surface area contributed by atoms with E-state index in [9.17, 15) is 17.6 Å². The highest BCUT2D eigenvalue weighted by Crippen LogP contribution is 2.18. The number of benzene rings is 1. The van der Waals surface area contributed by atoms with E-state index in [2.05, 4.69) is 15.5 Å². The first-order valence-corrected chi connectivity index (χ1v) is 8.49. The van der Waals surface area contributed by atoms with E-state index in [4.69, 9.17) is 0 Å². The fourth-order valence-corrected chi connectivity index (χ4v) is 3.15. The van der Waals surface area contributed by atoms with Crippen LogP contribution < -0.4 is 5.32 Å². The minimum absolute atomic E-state index is 0.153. The van der Waals surface area contributed by atoms with Crippen molar-refractivity contribution in [1.29, 1.82) is 0 Å². The maximum absolute atomic E-state index is 13.7. The molecule has 0 unspecified atom stereocenters. The molecule has 1 heterocycles. The van der Waals surface area contributed by atoms with Crippen LogP contribution in [-0.4, -0.2) is 49.9 Å². The minimum Gasteiger partial charge on any atom is -0.303 e. The van der Waals surface area contributed by atoms with Crippen LogP contribution in [0, 0.1) is 5.82 Å². The summed E-state index contributed by atoms with van der Waals surface area (Å²) in [6.07, 6.45) is 1.28. The number of nitrogens with zero attached hydrogens (tertiary/aromatic N) is 3. The van der Waals surface area contributed by atoms with Crippen molar-refractivity contribution in [3.8, 4) is 0 Å². The maximum Gasteiger partial charge on any atom is 0.245 e. The van der Waals surface area contributed by atoms with Gasteiger partial charge >= 0.3 is 0 Å². The van der Waals surface area contributed by atoms with Gasteiger partial charge in [-0.05, 0) is 17.7 Å². The van der Waals surface area contributed by atoms with Gasteiger partial charge in [0.2, 0.25) is 15.9 Å². The molecule has 0 radical (unpaired) electrons. The molecule has 118 valence electrons. The molecular weight excluding hydrogens is 331 g/mol. The summed E-state index contributed by atoms with van der Waals surface area (Å²) >= 11 is 1.21. The SMILES string of the molecule is CN(C)S(=O)(=O)c1cc(C=NN=C2NC(=O)CS2)ccc1F. The Morgan fingerprint density at radius 1 is 1.41 bits per heavy atom. The van der Waals surface area contributed by atoms with Crippen LogP contribution in [0.3, 0.4) is 0 Å². The van der Waals surface area contributed by atoms with E-state index in [-0.39, 0.29) is 11.7 Å². The predicted molar refractivity (Wildman–Crippen MR) is 82.9 cm³/mol. The number of amides is 1. The summed E-state index contributed by atoms with van der Waals surface area (Å²) in [6, 6.07) is 3.61. The van der Waals surface area contributed by atoms with Gasteiger partial charge in [0.25, 0.3) is 0 Å². The highest BCUT2D eigenvalue weighted by atomic mass is 32.2. The number of carbonyl (C=O) groups excluding carboxylic acids is 1. The number of nitrogens with one attached hydrogen (secondary N) is 1. The van der Waals surface area contributed by atoms with Gasteiger partial charge in [0.1, 0.15) is 10.7 Å². The van der Waals surface area contributed by atoms with Gasteiger partial charge in [-0.25, -0.2) is 17.1 Å². The molecule has 10 heteroatoms. The third-order valence-electron chi connectivity index (χ3n) is 2.66. The van der Waals surface area contributed by atoms with E-state index >= 15 is 0 Å². The number of rotatable bonds is 4. The maximum atomic E-state index is 13.7. The van der Waals surface area contributed by atoms with Crippen molar-refractivity contribution in [2.75, 3.05) is 19.8 Å². The van der Waals surface area contributed by atoms with E-state index < -0.39 is 20.7 Å². The molecule has 0 aliphatic carbocycles. The zero-order valence-electron chi connectivity index (χ0n) is 11.8. The van der Waals surface area contributed by atoms with Gasteiger partial charge in [0, 0.05) is 14.1 Å². The summed E-state index contributed by atoms with van der Waals surface area (Å²) in [6.45, 7) is 0. The van der Waals surface area contributed by atoms with E-state index in [0.29, 0.717) is 10.7 Å². The van der Waals surface area contributed by atoms with E-state index in [1.807, 2.05) is 0 Å². The number of carbonyl (C=O) groups is 1. The van der Waals surface area contributed by atoms with Gasteiger partial charge in [0.15, 0.2) is 5.17 Å². The Morgan fingerprint density at radius 2 is 2.14 bits per heavy atom. The topological polar surface area (TPSA) is 91.2 Å². The Hall–Kier alpha value is -1.78. The lowest BCUT2D eigenvalue weighted by Gasteiger charge is -2.12. The number of sulfonamides is 1. The standard InChI is InChI=1S/C12H13FN4O3S2/c1-17(2)22(19,20)10-5-8(3-4-9(10)13)6-14-16-12-15-11(18)7-21-12/h3-6H,7H2,1-2H3,(H,15,16,18). The minimum atomic E-state index is -3.88. The Bertz CT molecular complexity index is 760. The van der Waals surface area contributed by atoms with Crippen molar-refractivity contribution in [2.45, 2.75) is 4.90 Å². The molecule has 1 fully saturated rings. The van der Waals surface area contributed by atoms with Gasteiger partial charge in [-0.3, -0.25) is 4.79 Å². The third kappa shape index (κ3) is 3.70. The lowest BCUT2D eigenvalue weighted by molar-refractivity contribution is -0.116. The quantitative estimate of drug-likeness (QED) is 0.641. The molecule has 0 saturated carbocycles. The molecule has 2 rings (SSSR count). The summed E-state index contributed by atoms with van der Waals surface area (Å²) in [5.41, 5.74) is 0.375. The first-order valence-electron chi connectivity index (χ1n) is 6.06. The number of hydrogen-bond donors (Lipinski definition) is 1. The molecular formula is C12H13FN4O3S2. The van der Waals surface area contributed by atoms with E-state index in [1.54, 1.807) is 0 Å². The lowest BCUT2D eigenvalue weighted by Crippen LogP contribution is -2.23. The second kappa shape index (κ2) is 6.55. The number of thioether (sulfide) groups is 1. The normalized spacial score (nSPS) is 17.6. The molecule has 1 amide bonds. The second-order valence-corrected chi connectivity index (χ2v) is 7.55. The summed E-state index contributed by atoms with van der Waals surface area (Å²) in [5, 5.41) is 10.4. The summed E-state index contributed by atoms with van der Waals surface area (Å²) in [7, 11) is -1.24. The highest BCUT2D eigenvalue weighted by molar-refractivity contribution is 8.15. The zero-order chi connectivity index (χ0) is 16.3. The van der Waals surface area contributed by atoms with Crippen molar-refractivity contribution in [3.05, 3.63) is 29.6 Å². The fourth-order valence-electron chi connectivity index (χ4n) is 1.52. The molecule has 7 nitrogen and oxygen atoms in total. The summed E-state index contributed by atoms with van der Waals surface area (Å²) < 4.78 is 38.6. The average molecular weight is 344 g/mol. The molecule has 1 aliphatic heterocycles. The monoisotopic (exact) mass is 344 g/mol. The van der Waals surface area contributed by atoms with Gasteiger partial charge in [-0.1, -0.05) is 17.8 Å². The number of amidine groups is 1. The molecule has 0 atom stereocenters. The molecule has 0 aromatic heterocycles. The van der Waals surface area contributed by atoms with Crippen LogP contribution in [0.15, 0.2) is 33.3 Å². The van der Waals surface area contributed by atoms with Gasteiger partial charge in [-0.15, -0.1) is 5.10 Å². The summed E-state index contributed by atoms with van der Waals surface area (Å²) in [4.78, 5) is 10.5. The smallest absolute Gasteiger partial charge is 0.245 e. The zero-order valence-corrected chi connectivity index (χ0v) is 13.4. The van der Waals surface area contributed by atoms with Crippen LogP contribution in [-0.2, 0) is 14.8 Å². The Balaban J connectivity index is 2.25. The fraction of sp³-hybridized carbons (Fsp3) is 0.250. The second-order valence-electron chi connectivity index (χ2n) is 4.46. The Morgan fingerprint density at radius 3 is 2.73 bits per heavy atom. The van der Waals surface area contributed by atoms with Gasteiger partial charge < -0.3 is 5.32 Å². The molecule has 0 bridgehead atoms. The van der Waals surface area contributed by atoms with Gasteiger partial charge in [0.05, 0.1) is 12.0 Å². The first-order chi connectivity index (χ1) is 10.3. The Kier molecular flexibility index (Phi) is 4.94. The van der Waals surface area contributed by atoms with Crippen molar-refractivity contribution in [3.63, 3.8) is 0 Å². The van der Waals surface area contributed by atoms with Crippen molar-refractivity contribution < 1.29 is 17.6 Å². The first kappa shape index (κ1) is 16.6. The van der Waals surface area contributed by atoms with E-state index in [1.165, 1.54) is 44.2 Å². The number of hydrogen-bond acceptors (Lipinski definition) is 6. The van der Waals surface area contributed by atoms with Crippen LogP contribution in [0.25, 0.3) is 0 Å². The van der Waals surface area contributed by atoms with Crippen LogP contribution in [0.2, 0.25) is 0 Å². The van der Waals surface area contributed by atoms with Crippen LogP contribution in [0.5, 0.6) is 0 Å². The molecule has 1 aliphatic rings. The van der Waals surface area contributed by atoms with Crippen LogP contribution in [0.4, 0.5) is 4.39 Å². The predicted octanol–water partition coefficient (Wildman–Crippen LogP) is 0.629. The van der Waals surface area contributed by atoms with Crippen LogP contribution in [0.1, 0.15) is 5.56 Å². The molecule has 1 saturated heterocycles. The van der Waals surface area contributed by atoms with Crippen LogP contribution >= 0.6 is 11.8 Å². The molecule has 1 N–H and O–H groups in total. The summed E-state index contributed by atoms with van der Waals surface area (Å²) in [5.74, 6) is -0.702. The molecule has 0 spiro atoms. The molecule has 1 aromatic rings. The lowest BCUT2D eigenvalue weighted by atomic mass is 10.2. The van der Waals surface area contributed by atoms with Gasteiger partial charge in [-0.2, -0.15) is 5.10 Å². The third-order valence-corrected chi connectivity index (χ3v) is 5.35. The van der Waals surface area contributed by atoms with Crippen molar-refractivity contribution in [1.82, 2.24) is 9.62 Å². The molecule has 1 aromatic carbocycles. The highest BCUT2D eigenvalue weighted by Gasteiger charge is 2.22. The Labute approximate surface area is 131 Å². The van der Waals surface area contributed by atoms with Crippen molar-refractivity contribution >= 4 is 39.1 Å². The largest absolute Gasteiger partial charge is 0.303 e.